The highest BCUT2D eigenvalue weighted by Gasteiger charge is 2.27. The first-order valence-electron chi connectivity index (χ1n) is 9.39. The molecule has 0 N–H and O–H groups in total. The molecule has 0 heterocycles. The molecule has 152 valence electrons. The zero-order chi connectivity index (χ0) is 20.9. The largest absolute Gasteiger partial charge is 0.497 e. The minimum atomic E-state index is -3.73. The lowest BCUT2D eigenvalue weighted by Crippen LogP contribution is -2.37. The van der Waals surface area contributed by atoms with Crippen molar-refractivity contribution >= 4 is 15.7 Å². The van der Waals surface area contributed by atoms with E-state index in [4.69, 9.17) is 4.74 Å². The third-order valence-electron chi connectivity index (χ3n) is 4.64. The Labute approximate surface area is 173 Å². The molecule has 0 spiro atoms. The van der Waals surface area contributed by atoms with Crippen LogP contribution in [0.4, 0.5) is 5.69 Å². The highest BCUT2D eigenvalue weighted by atomic mass is 32.2. The van der Waals surface area contributed by atoms with Crippen molar-refractivity contribution in [1.29, 1.82) is 0 Å². The maximum absolute atomic E-state index is 13.6. The van der Waals surface area contributed by atoms with E-state index in [1.807, 2.05) is 67.5 Å². The summed E-state index contributed by atoms with van der Waals surface area (Å²) in [5.74, 6) is 0.678. The Morgan fingerprint density at radius 3 is 2.03 bits per heavy atom. The van der Waals surface area contributed by atoms with E-state index in [2.05, 4.69) is 0 Å². The van der Waals surface area contributed by atoms with Gasteiger partial charge in [-0.3, -0.25) is 4.31 Å². The second kappa shape index (κ2) is 9.11. The SMILES string of the molecule is COc1ccc(N(CCN(C)C)S(=O)(=O)c2ccccc2)c(-c2ccccc2)c1. The number of ether oxygens (including phenoxy) is 1. The maximum Gasteiger partial charge on any atom is 0.264 e. The molecule has 0 aliphatic rings. The molecule has 0 saturated carbocycles. The summed E-state index contributed by atoms with van der Waals surface area (Å²) < 4.78 is 34.0. The number of nitrogens with zero attached hydrogens (tertiary/aromatic N) is 2. The van der Waals surface area contributed by atoms with E-state index in [1.165, 1.54) is 4.31 Å². The molecule has 0 saturated heterocycles. The van der Waals surface area contributed by atoms with Gasteiger partial charge in [-0.15, -0.1) is 0 Å². The summed E-state index contributed by atoms with van der Waals surface area (Å²) in [5.41, 5.74) is 2.37. The summed E-state index contributed by atoms with van der Waals surface area (Å²) in [4.78, 5) is 2.24. The molecule has 3 aromatic carbocycles. The zero-order valence-corrected chi connectivity index (χ0v) is 17.8. The lowest BCUT2D eigenvalue weighted by molar-refractivity contribution is 0.414. The quantitative estimate of drug-likeness (QED) is 0.561. The van der Waals surface area contributed by atoms with E-state index in [0.29, 0.717) is 24.5 Å². The molecule has 3 aromatic rings. The number of rotatable bonds is 8. The summed E-state index contributed by atoms with van der Waals surface area (Å²) in [6, 6.07) is 23.8. The van der Waals surface area contributed by atoms with Crippen molar-refractivity contribution in [3.63, 3.8) is 0 Å². The molecule has 0 bridgehead atoms. The molecule has 0 aliphatic heterocycles. The molecule has 0 radical (unpaired) electrons. The van der Waals surface area contributed by atoms with Gasteiger partial charge in [0.1, 0.15) is 5.75 Å². The van der Waals surface area contributed by atoms with Crippen LogP contribution in [-0.4, -0.2) is 47.6 Å². The average Bonchev–Trinajstić information content (AvgIpc) is 2.75. The van der Waals surface area contributed by atoms with Crippen LogP contribution in [0.2, 0.25) is 0 Å². The van der Waals surface area contributed by atoms with Crippen LogP contribution in [0.3, 0.4) is 0 Å². The number of anilines is 1. The summed E-state index contributed by atoms with van der Waals surface area (Å²) in [7, 11) is 1.73. The molecule has 0 fully saturated rings. The van der Waals surface area contributed by atoms with Crippen LogP contribution in [-0.2, 0) is 10.0 Å². The zero-order valence-electron chi connectivity index (χ0n) is 16.9. The fourth-order valence-electron chi connectivity index (χ4n) is 3.09. The van der Waals surface area contributed by atoms with Crippen LogP contribution < -0.4 is 9.04 Å². The van der Waals surface area contributed by atoms with Crippen LogP contribution in [0, 0.1) is 0 Å². The lowest BCUT2D eigenvalue weighted by Gasteiger charge is -2.28. The smallest absolute Gasteiger partial charge is 0.264 e. The van der Waals surface area contributed by atoms with Crippen LogP contribution >= 0.6 is 0 Å². The first-order chi connectivity index (χ1) is 13.9. The number of hydrogen-bond donors (Lipinski definition) is 0. The van der Waals surface area contributed by atoms with Crippen molar-refractivity contribution < 1.29 is 13.2 Å². The Morgan fingerprint density at radius 2 is 1.45 bits per heavy atom. The molecule has 5 nitrogen and oxygen atoms in total. The fraction of sp³-hybridized carbons (Fsp3) is 0.217. The summed E-state index contributed by atoms with van der Waals surface area (Å²) in [6.07, 6.45) is 0. The van der Waals surface area contributed by atoms with E-state index in [1.54, 1.807) is 37.4 Å². The Hall–Kier alpha value is -2.83. The Bertz CT molecular complexity index is 1040. The van der Waals surface area contributed by atoms with Crippen molar-refractivity contribution in [3.05, 3.63) is 78.9 Å². The highest BCUT2D eigenvalue weighted by molar-refractivity contribution is 7.92. The van der Waals surface area contributed by atoms with Crippen molar-refractivity contribution in [3.8, 4) is 16.9 Å². The first kappa shape index (κ1) is 20.9. The van der Waals surface area contributed by atoms with E-state index in [-0.39, 0.29) is 4.90 Å². The van der Waals surface area contributed by atoms with Crippen LogP contribution in [0.15, 0.2) is 83.8 Å². The molecule has 6 heteroatoms. The number of benzene rings is 3. The van der Waals surface area contributed by atoms with Gasteiger partial charge >= 0.3 is 0 Å². The molecule has 0 unspecified atom stereocenters. The fourth-order valence-corrected chi connectivity index (χ4v) is 4.58. The van der Waals surface area contributed by atoms with E-state index < -0.39 is 10.0 Å². The molecule has 0 atom stereocenters. The molecular formula is C23H26N2O3S. The van der Waals surface area contributed by atoms with Gasteiger partial charge in [0.05, 0.1) is 17.7 Å². The predicted octanol–water partition coefficient (Wildman–Crippen LogP) is 4.12. The maximum atomic E-state index is 13.6. The highest BCUT2D eigenvalue weighted by Crippen LogP contribution is 2.36. The number of methoxy groups -OCH3 is 1. The summed E-state index contributed by atoms with van der Waals surface area (Å²) in [6.45, 7) is 0.919. The van der Waals surface area contributed by atoms with Gasteiger partial charge in [-0.2, -0.15) is 0 Å². The van der Waals surface area contributed by atoms with Crippen molar-refractivity contribution in [1.82, 2.24) is 4.90 Å². The Morgan fingerprint density at radius 1 is 0.828 bits per heavy atom. The van der Waals surface area contributed by atoms with E-state index >= 15 is 0 Å². The van der Waals surface area contributed by atoms with Crippen molar-refractivity contribution in [2.75, 3.05) is 38.6 Å². The predicted molar refractivity (Wildman–Crippen MR) is 118 cm³/mol. The third kappa shape index (κ3) is 4.78. The first-order valence-corrected chi connectivity index (χ1v) is 10.8. The van der Waals surface area contributed by atoms with Gasteiger partial charge < -0.3 is 9.64 Å². The average molecular weight is 411 g/mol. The lowest BCUT2D eigenvalue weighted by atomic mass is 10.0. The van der Waals surface area contributed by atoms with Gasteiger partial charge in [0, 0.05) is 18.7 Å². The number of sulfonamides is 1. The van der Waals surface area contributed by atoms with Crippen LogP contribution in [0.25, 0.3) is 11.1 Å². The van der Waals surface area contributed by atoms with Gasteiger partial charge in [-0.1, -0.05) is 48.5 Å². The molecule has 29 heavy (non-hydrogen) atoms. The van der Waals surface area contributed by atoms with Crippen LogP contribution in [0.5, 0.6) is 5.75 Å². The second-order valence-corrected chi connectivity index (χ2v) is 8.80. The normalized spacial score (nSPS) is 11.4. The van der Waals surface area contributed by atoms with Crippen molar-refractivity contribution in [2.45, 2.75) is 4.90 Å². The van der Waals surface area contributed by atoms with Gasteiger partial charge in [0.25, 0.3) is 10.0 Å². The Kier molecular flexibility index (Phi) is 6.56. The Balaban J connectivity index is 2.18. The minimum Gasteiger partial charge on any atom is -0.497 e. The number of hydrogen-bond acceptors (Lipinski definition) is 4. The summed E-state index contributed by atoms with van der Waals surface area (Å²) in [5, 5.41) is 0. The van der Waals surface area contributed by atoms with Gasteiger partial charge in [0.15, 0.2) is 0 Å². The van der Waals surface area contributed by atoms with Gasteiger partial charge in [0.2, 0.25) is 0 Å². The standard InChI is InChI=1S/C23H26N2O3S/c1-24(2)16-17-25(29(26,27)21-12-8-5-9-13-21)23-15-14-20(28-3)18-22(23)19-10-6-4-7-11-19/h4-15,18H,16-17H2,1-3H3. The molecule has 3 rings (SSSR count). The third-order valence-corrected chi connectivity index (χ3v) is 6.47. The monoisotopic (exact) mass is 410 g/mol. The molecule has 0 amide bonds. The van der Waals surface area contributed by atoms with Crippen LogP contribution in [0.1, 0.15) is 0 Å². The minimum absolute atomic E-state index is 0.272. The topological polar surface area (TPSA) is 49.9 Å². The van der Waals surface area contributed by atoms with Crippen molar-refractivity contribution in [2.24, 2.45) is 0 Å². The second-order valence-electron chi connectivity index (χ2n) is 6.94. The molecule has 0 aromatic heterocycles. The van der Waals surface area contributed by atoms with Gasteiger partial charge in [-0.25, -0.2) is 8.42 Å². The van der Waals surface area contributed by atoms with E-state index in [0.717, 1.165) is 11.1 Å². The van der Waals surface area contributed by atoms with E-state index in [9.17, 15) is 8.42 Å². The van der Waals surface area contributed by atoms with Gasteiger partial charge in [-0.05, 0) is 50.0 Å². The summed E-state index contributed by atoms with van der Waals surface area (Å²) >= 11 is 0. The number of likely N-dealkylation sites (N-methyl/N-ethyl adjacent to an activating group) is 1. The molecular weight excluding hydrogens is 384 g/mol. The molecule has 0 aliphatic carbocycles.